The lowest BCUT2D eigenvalue weighted by Crippen LogP contribution is -2.17. The minimum Gasteiger partial charge on any atom is -0.349 e. The van der Waals surface area contributed by atoms with Crippen molar-refractivity contribution in [2.45, 2.75) is 38.3 Å². The van der Waals surface area contributed by atoms with Gasteiger partial charge in [-0.05, 0) is 25.8 Å². The van der Waals surface area contributed by atoms with E-state index in [4.69, 9.17) is 0 Å². The van der Waals surface area contributed by atoms with E-state index in [0.29, 0.717) is 6.04 Å². The fraction of sp³-hybridized carbons (Fsp3) is 0.538. The number of aromatic nitrogens is 4. The first-order valence-corrected chi connectivity index (χ1v) is 6.65. The van der Waals surface area contributed by atoms with Crippen LogP contribution in [0.25, 0.3) is 0 Å². The third-order valence-corrected chi connectivity index (χ3v) is 3.53. The summed E-state index contributed by atoms with van der Waals surface area (Å²) in [6.07, 6.45) is 12.2. The molecule has 3 rings (SSSR count). The maximum Gasteiger partial charge on any atom is 0.106 e. The highest BCUT2D eigenvalue weighted by Gasteiger charge is 2.19. The Balaban J connectivity index is 1.57. The molecular formula is C13H19N5. The second-order valence-corrected chi connectivity index (χ2v) is 4.80. The van der Waals surface area contributed by atoms with Crippen molar-refractivity contribution in [2.75, 3.05) is 6.54 Å². The fourth-order valence-corrected chi connectivity index (χ4v) is 2.60. The third kappa shape index (κ3) is 2.46. The van der Waals surface area contributed by atoms with Crippen LogP contribution in [0.3, 0.4) is 0 Å². The molecule has 3 heterocycles. The van der Waals surface area contributed by atoms with Crippen molar-refractivity contribution in [3.05, 3.63) is 36.4 Å². The van der Waals surface area contributed by atoms with Crippen molar-refractivity contribution in [1.29, 1.82) is 0 Å². The summed E-state index contributed by atoms with van der Waals surface area (Å²) < 4.78 is 2.27. The number of nitrogens with zero attached hydrogens (tertiary/aromatic N) is 3. The average molecular weight is 245 g/mol. The Morgan fingerprint density at radius 2 is 2.44 bits per heavy atom. The minimum atomic E-state index is 0.496. The lowest BCUT2D eigenvalue weighted by Gasteiger charge is -2.13. The predicted molar refractivity (Wildman–Crippen MR) is 69.1 cm³/mol. The molecule has 0 spiro atoms. The van der Waals surface area contributed by atoms with E-state index in [1.807, 2.05) is 18.7 Å². The van der Waals surface area contributed by atoms with Crippen LogP contribution in [-0.4, -0.2) is 26.1 Å². The van der Waals surface area contributed by atoms with E-state index < -0.39 is 0 Å². The standard InChI is InChI=1S/C13H19N5/c1-3-11(15-5-1)12-9-14-10-18(12)8-2-4-13-16-6-7-17-13/h6-7,9-11,15H,1-5,8H2,(H,16,17). The van der Waals surface area contributed by atoms with Crippen LogP contribution in [0, 0.1) is 0 Å². The summed E-state index contributed by atoms with van der Waals surface area (Å²) in [5.74, 6) is 1.07. The first kappa shape index (κ1) is 11.5. The lowest BCUT2D eigenvalue weighted by molar-refractivity contribution is 0.545. The van der Waals surface area contributed by atoms with E-state index >= 15 is 0 Å². The molecule has 0 radical (unpaired) electrons. The zero-order valence-corrected chi connectivity index (χ0v) is 10.5. The van der Waals surface area contributed by atoms with Gasteiger partial charge in [0.1, 0.15) is 5.82 Å². The smallest absolute Gasteiger partial charge is 0.106 e. The Morgan fingerprint density at radius 3 is 3.22 bits per heavy atom. The van der Waals surface area contributed by atoms with Crippen molar-refractivity contribution in [1.82, 2.24) is 24.8 Å². The maximum atomic E-state index is 4.28. The van der Waals surface area contributed by atoms with Gasteiger partial charge in [-0.15, -0.1) is 0 Å². The molecule has 1 unspecified atom stereocenters. The highest BCUT2D eigenvalue weighted by Crippen LogP contribution is 2.22. The normalized spacial score (nSPS) is 19.4. The summed E-state index contributed by atoms with van der Waals surface area (Å²) >= 11 is 0. The molecule has 2 aromatic rings. The molecular weight excluding hydrogens is 226 g/mol. The summed E-state index contributed by atoms with van der Waals surface area (Å²) in [5, 5.41) is 3.52. The van der Waals surface area contributed by atoms with Crippen LogP contribution in [0.15, 0.2) is 24.9 Å². The van der Waals surface area contributed by atoms with Crippen molar-refractivity contribution < 1.29 is 0 Å². The molecule has 1 aliphatic heterocycles. The van der Waals surface area contributed by atoms with Gasteiger partial charge in [0.2, 0.25) is 0 Å². The number of hydrogen-bond acceptors (Lipinski definition) is 3. The van der Waals surface area contributed by atoms with Crippen LogP contribution >= 0.6 is 0 Å². The number of hydrogen-bond donors (Lipinski definition) is 2. The highest BCUT2D eigenvalue weighted by atomic mass is 15.1. The van der Waals surface area contributed by atoms with Crippen LogP contribution in [-0.2, 0) is 13.0 Å². The predicted octanol–water partition coefficient (Wildman–Crippen LogP) is 1.66. The number of rotatable bonds is 5. The van der Waals surface area contributed by atoms with Crippen LogP contribution in [0.4, 0.5) is 0 Å². The summed E-state index contributed by atoms with van der Waals surface area (Å²) in [6.45, 7) is 2.14. The highest BCUT2D eigenvalue weighted by molar-refractivity contribution is 5.07. The monoisotopic (exact) mass is 245 g/mol. The number of H-pyrrole nitrogens is 1. The number of imidazole rings is 2. The second-order valence-electron chi connectivity index (χ2n) is 4.80. The molecule has 0 aromatic carbocycles. The number of aromatic amines is 1. The molecule has 2 aromatic heterocycles. The Kier molecular flexibility index (Phi) is 3.41. The molecule has 5 heteroatoms. The zero-order valence-electron chi connectivity index (χ0n) is 10.5. The first-order valence-electron chi connectivity index (χ1n) is 6.65. The van der Waals surface area contributed by atoms with E-state index in [0.717, 1.165) is 31.8 Å². The van der Waals surface area contributed by atoms with Crippen LogP contribution < -0.4 is 5.32 Å². The van der Waals surface area contributed by atoms with Crippen LogP contribution in [0.1, 0.15) is 36.8 Å². The van der Waals surface area contributed by atoms with Gasteiger partial charge in [-0.2, -0.15) is 0 Å². The zero-order chi connectivity index (χ0) is 12.2. The number of nitrogens with one attached hydrogen (secondary N) is 2. The van der Waals surface area contributed by atoms with Crippen LogP contribution in [0.2, 0.25) is 0 Å². The van der Waals surface area contributed by atoms with Crippen molar-refractivity contribution >= 4 is 0 Å². The molecule has 0 aliphatic carbocycles. The summed E-state index contributed by atoms with van der Waals surface area (Å²) in [6, 6.07) is 0.496. The molecule has 18 heavy (non-hydrogen) atoms. The molecule has 1 saturated heterocycles. The lowest BCUT2D eigenvalue weighted by atomic mass is 10.1. The summed E-state index contributed by atoms with van der Waals surface area (Å²) in [7, 11) is 0. The molecule has 0 saturated carbocycles. The van der Waals surface area contributed by atoms with Gasteiger partial charge in [0, 0.05) is 37.6 Å². The molecule has 1 aliphatic rings. The van der Waals surface area contributed by atoms with Crippen molar-refractivity contribution in [2.24, 2.45) is 0 Å². The Morgan fingerprint density at radius 1 is 1.44 bits per heavy atom. The topological polar surface area (TPSA) is 58.5 Å². The Bertz CT molecular complexity index is 467. The second kappa shape index (κ2) is 5.35. The Hall–Kier alpha value is -1.62. The van der Waals surface area contributed by atoms with Crippen molar-refractivity contribution in [3.8, 4) is 0 Å². The van der Waals surface area contributed by atoms with Gasteiger partial charge >= 0.3 is 0 Å². The van der Waals surface area contributed by atoms with Gasteiger partial charge < -0.3 is 14.9 Å². The van der Waals surface area contributed by atoms with Gasteiger partial charge in [0.15, 0.2) is 0 Å². The SMILES string of the molecule is c1c[nH]c(CCCn2cncc2C2CCCN2)n1. The minimum absolute atomic E-state index is 0.496. The van der Waals surface area contributed by atoms with Gasteiger partial charge in [0.05, 0.1) is 12.0 Å². The van der Waals surface area contributed by atoms with E-state index in [1.54, 1.807) is 6.20 Å². The van der Waals surface area contributed by atoms with E-state index in [2.05, 4.69) is 24.8 Å². The van der Waals surface area contributed by atoms with E-state index in [1.165, 1.54) is 18.5 Å². The van der Waals surface area contributed by atoms with E-state index in [-0.39, 0.29) is 0 Å². The van der Waals surface area contributed by atoms with Gasteiger partial charge in [-0.25, -0.2) is 9.97 Å². The molecule has 96 valence electrons. The first-order chi connectivity index (χ1) is 8.93. The molecule has 2 N–H and O–H groups in total. The fourth-order valence-electron chi connectivity index (χ4n) is 2.60. The Labute approximate surface area is 107 Å². The molecule has 5 nitrogen and oxygen atoms in total. The average Bonchev–Trinajstić information content (AvgIpc) is 3.12. The number of aryl methyl sites for hydroxylation is 2. The van der Waals surface area contributed by atoms with Gasteiger partial charge in [-0.3, -0.25) is 0 Å². The summed E-state index contributed by atoms with van der Waals surface area (Å²) in [5.41, 5.74) is 1.33. The van der Waals surface area contributed by atoms with Gasteiger partial charge in [0.25, 0.3) is 0 Å². The molecule has 0 amide bonds. The van der Waals surface area contributed by atoms with Gasteiger partial charge in [-0.1, -0.05) is 0 Å². The molecule has 1 fully saturated rings. The van der Waals surface area contributed by atoms with Crippen LogP contribution in [0.5, 0.6) is 0 Å². The molecule has 0 bridgehead atoms. The third-order valence-electron chi connectivity index (χ3n) is 3.53. The maximum absolute atomic E-state index is 4.28. The van der Waals surface area contributed by atoms with Crippen molar-refractivity contribution in [3.63, 3.8) is 0 Å². The largest absolute Gasteiger partial charge is 0.349 e. The quantitative estimate of drug-likeness (QED) is 0.842. The summed E-state index contributed by atoms with van der Waals surface area (Å²) in [4.78, 5) is 11.7. The molecule has 1 atom stereocenters. The van der Waals surface area contributed by atoms with E-state index in [9.17, 15) is 0 Å².